The lowest BCUT2D eigenvalue weighted by atomic mass is 9.88. The summed E-state index contributed by atoms with van der Waals surface area (Å²) in [5, 5.41) is 2.09. The number of nitrogens with zero attached hydrogens (tertiary/aromatic N) is 1. The molecule has 0 radical (unpaired) electrons. The molecule has 0 aliphatic heterocycles. The molecule has 82 valence electrons. The van der Waals surface area contributed by atoms with Crippen molar-refractivity contribution in [2.45, 2.75) is 24.8 Å². The van der Waals surface area contributed by atoms with Gasteiger partial charge < -0.3 is 5.73 Å². The van der Waals surface area contributed by atoms with Gasteiger partial charge in [-0.1, -0.05) is 24.3 Å². The van der Waals surface area contributed by atoms with E-state index in [1.807, 2.05) is 5.51 Å². The van der Waals surface area contributed by atoms with Crippen molar-refractivity contribution in [1.29, 1.82) is 0 Å². The SMILES string of the molecule is NC1(Cc2cscn2)CCc2ccccc21. The van der Waals surface area contributed by atoms with Crippen LogP contribution in [0.25, 0.3) is 0 Å². The maximum Gasteiger partial charge on any atom is 0.0794 e. The van der Waals surface area contributed by atoms with Gasteiger partial charge in [0, 0.05) is 17.3 Å². The van der Waals surface area contributed by atoms with Crippen LogP contribution in [0.1, 0.15) is 23.2 Å². The molecule has 0 spiro atoms. The van der Waals surface area contributed by atoms with Gasteiger partial charge in [0.15, 0.2) is 0 Å². The zero-order valence-electron chi connectivity index (χ0n) is 9.02. The van der Waals surface area contributed by atoms with Gasteiger partial charge in [0.1, 0.15) is 0 Å². The molecule has 3 heteroatoms. The summed E-state index contributed by atoms with van der Waals surface area (Å²) < 4.78 is 0. The minimum absolute atomic E-state index is 0.204. The number of hydrogen-bond acceptors (Lipinski definition) is 3. The monoisotopic (exact) mass is 230 g/mol. The molecule has 1 aromatic carbocycles. The van der Waals surface area contributed by atoms with Crippen LogP contribution in [-0.2, 0) is 18.4 Å². The summed E-state index contributed by atoms with van der Waals surface area (Å²) >= 11 is 1.64. The van der Waals surface area contributed by atoms with Crippen LogP contribution < -0.4 is 5.73 Å². The highest BCUT2D eigenvalue weighted by Crippen LogP contribution is 2.36. The van der Waals surface area contributed by atoms with E-state index in [2.05, 4.69) is 34.6 Å². The van der Waals surface area contributed by atoms with E-state index in [9.17, 15) is 0 Å². The molecule has 0 saturated heterocycles. The third kappa shape index (κ3) is 1.56. The van der Waals surface area contributed by atoms with Crippen molar-refractivity contribution in [3.63, 3.8) is 0 Å². The van der Waals surface area contributed by atoms with Crippen molar-refractivity contribution < 1.29 is 0 Å². The van der Waals surface area contributed by atoms with Crippen molar-refractivity contribution in [3.05, 3.63) is 52.0 Å². The van der Waals surface area contributed by atoms with Crippen LogP contribution >= 0.6 is 11.3 Å². The van der Waals surface area contributed by atoms with Crippen molar-refractivity contribution in [2.75, 3.05) is 0 Å². The second-order valence-electron chi connectivity index (χ2n) is 4.47. The lowest BCUT2D eigenvalue weighted by Crippen LogP contribution is -2.36. The maximum absolute atomic E-state index is 6.53. The predicted molar refractivity (Wildman–Crippen MR) is 66.4 cm³/mol. The Bertz CT molecular complexity index is 492. The van der Waals surface area contributed by atoms with Gasteiger partial charge in [-0.15, -0.1) is 11.3 Å². The second-order valence-corrected chi connectivity index (χ2v) is 5.19. The Hall–Kier alpha value is -1.19. The zero-order chi connectivity index (χ0) is 11.0. The first-order chi connectivity index (χ1) is 7.78. The van der Waals surface area contributed by atoms with Gasteiger partial charge in [0.05, 0.1) is 11.2 Å². The molecular weight excluding hydrogens is 216 g/mol. The van der Waals surface area contributed by atoms with Crippen LogP contribution in [0.3, 0.4) is 0 Å². The first-order valence-electron chi connectivity index (χ1n) is 5.52. The van der Waals surface area contributed by atoms with Crippen molar-refractivity contribution in [2.24, 2.45) is 5.73 Å². The molecule has 0 fully saturated rings. The molecule has 3 rings (SSSR count). The molecule has 1 aromatic heterocycles. The Balaban J connectivity index is 1.95. The fourth-order valence-corrected chi connectivity index (χ4v) is 3.11. The van der Waals surface area contributed by atoms with E-state index in [1.54, 1.807) is 11.3 Å². The fourth-order valence-electron chi connectivity index (χ4n) is 2.55. The summed E-state index contributed by atoms with van der Waals surface area (Å²) in [6.07, 6.45) is 2.98. The van der Waals surface area contributed by atoms with Crippen LogP contribution in [-0.4, -0.2) is 4.98 Å². The number of hydrogen-bond donors (Lipinski definition) is 1. The Morgan fingerprint density at radius 1 is 1.38 bits per heavy atom. The summed E-state index contributed by atoms with van der Waals surface area (Å²) in [5.41, 5.74) is 12.0. The quantitative estimate of drug-likeness (QED) is 0.861. The molecule has 1 aliphatic rings. The van der Waals surface area contributed by atoms with E-state index in [0.717, 1.165) is 25.0 Å². The lowest BCUT2D eigenvalue weighted by Gasteiger charge is -2.24. The highest BCUT2D eigenvalue weighted by Gasteiger charge is 2.35. The van der Waals surface area contributed by atoms with Crippen LogP contribution in [0.15, 0.2) is 35.2 Å². The normalized spacial score (nSPS) is 23.3. The molecule has 2 nitrogen and oxygen atoms in total. The van der Waals surface area contributed by atoms with Gasteiger partial charge in [-0.25, -0.2) is 4.98 Å². The minimum Gasteiger partial charge on any atom is -0.321 e. The molecule has 2 aromatic rings. The molecule has 0 amide bonds. The smallest absolute Gasteiger partial charge is 0.0794 e. The summed E-state index contributed by atoms with van der Waals surface area (Å²) in [6.45, 7) is 0. The Labute approximate surface area is 99.1 Å². The van der Waals surface area contributed by atoms with Gasteiger partial charge in [0.2, 0.25) is 0 Å². The molecule has 1 aliphatic carbocycles. The summed E-state index contributed by atoms with van der Waals surface area (Å²) in [6, 6.07) is 8.51. The predicted octanol–water partition coefficient (Wildman–Crippen LogP) is 2.49. The summed E-state index contributed by atoms with van der Waals surface area (Å²) in [5.74, 6) is 0. The van der Waals surface area contributed by atoms with E-state index < -0.39 is 0 Å². The van der Waals surface area contributed by atoms with Crippen LogP contribution in [0.4, 0.5) is 0 Å². The number of fused-ring (bicyclic) bond motifs is 1. The van der Waals surface area contributed by atoms with Gasteiger partial charge >= 0.3 is 0 Å². The molecule has 16 heavy (non-hydrogen) atoms. The molecule has 0 saturated carbocycles. The number of benzene rings is 1. The van der Waals surface area contributed by atoms with Gasteiger partial charge in [0.25, 0.3) is 0 Å². The van der Waals surface area contributed by atoms with Crippen molar-refractivity contribution >= 4 is 11.3 Å². The number of rotatable bonds is 2. The van der Waals surface area contributed by atoms with Gasteiger partial charge in [-0.2, -0.15) is 0 Å². The van der Waals surface area contributed by atoms with E-state index in [4.69, 9.17) is 5.73 Å². The van der Waals surface area contributed by atoms with E-state index >= 15 is 0 Å². The third-order valence-electron chi connectivity index (χ3n) is 3.37. The maximum atomic E-state index is 6.53. The number of nitrogens with two attached hydrogens (primary N) is 1. The van der Waals surface area contributed by atoms with Crippen LogP contribution in [0.5, 0.6) is 0 Å². The molecule has 1 atom stereocenters. The zero-order valence-corrected chi connectivity index (χ0v) is 9.83. The van der Waals surface area contributed by atoms with Crippen molar-refractivity contribution in [3.8, 4) is 0 Å². The highest BCUT2D eigenvalue weighted by atomic mass is 32.1. The second kappa shape index (κ2) is 3.68. The average Bonchev–Trinajstić information content (AvgIpc) is 2.89. The first kappa shape index (κ1) is 10.00. The fraction of sp³-hybridized carbons (Fsp3) is 0.308. The Kier molecular flexibility index (Phi) is 2.30. The summed E-state index contributed by atoms with van der Waals surface area (Å²) in [7, 11) is 0. The molecule has 0 bridgehead atoms. The highest BCUT2D eigenvalue weighted by molar-refractivity contribution is 7.07. The first-order valence-corrected chi connectivity index (χ1v) is 6.46. The van der Waals surface area contributed by atoms with E-state index in [-0.39, 0.29) is 5.54 Å². The average molecular weight is 230 g/mol. The third-order valence-corrected chi connectivity index (χ3v) is 4.01. The Morgan fingerprint density at radius 2 is 2.25 bits per heavy atom. The molecule has 1 unspecified atom stereocenters. The summed E-state index contributed by atoms with van der Waals surface area (Å²) in [4.78, 5) is 4.34. The van der Waals surface area contributed by atoms with Crippen molar-refractivity contribution in [1.82, 2.24) is 4.98 Å². The lowest BCUT2D eigenvalue weighted by molar-refractivity contribution is 0.435. The molecular formula is C13H14N2S. The van der Waals surface area contributed by atoms with Crippen LogP contribution in [0.2, 0.25) is 0 Å². The molecule has 2 N–H and O–H groups in total. The Morgan fingerprint density at radius 3 is 3.06 bits per heavy atom. The van der Waals surface area contributed by atoms with Gasteiger partial charge in [-0.3, -0.25) is 0 Å². The minimum atomic E-state index is -0.204. The van der Waals surface area contributed by atoms with E-state index in [0.29, 0.717) is 0 Å². The largest absolute Gasteiger partial charge is 0.321 e. The topological polar surface area (TPSA) is 38.9 Å². The number of aromatic nitrogens is 1. The number of thiazole rings is 1. The number of aryl methyl sites for hydroxylation is 1. The standard InChI is InChI=1S/C13H14N2S/c14-13(7-11-8-16-9-15-11)6-5-10-3-1-2-4-12(10)13/h1-4,8-9H,5-7,14H2. The molecule has 1 heterocycles. The van der Waals surface area contributed by atoms with Crippen LogP contribution in [0, 0.1) is 0 Å². The van der Waals surface area contributed by atoms with Gasteiger partial charge in [-0.05, 0) is 24.0 Å². The van der Waals surface area contributed by atoms with E-state index in [1.165, 1.54) is 11.1 Å².